The second-order valence-corrected chi connectivity index (χ2v) is 6.94. The number of primary sulfonamides is 1. The SMILES string of the molecule is NS(=O)(=O)c1ccc(Nc2nc(=S)nc(Nc3ccccc3)[nH]2)cc1. The number of rotatable bonds is 5. The van der Waals surface area contributed by atoms with E-state index in [4.69, 9.17) is 17.4 Å². The van der Waals surface area contributed by atoms with Gasteiger partial charge in [0.1, 0.15) is 0 Å². The van der Waals surface area contributed by atoms with Crippen molar-refractivity contribution in [1.29, 1.82) is 0 Å². The third kappa shape index (κ3) is 4.59. The first kappa shape index (κ1) is 17.0. The number of hydrogen-bond acceptors (Lipinski definition) is 7. The van der Waals surface area contributed by atoms with Crippen LogP contribution in [0.1, 0.15) is 0 Å². The number of nitrogens with one attached hydrogen (secondary N) is 3. The van der Waals surface area contributed by atoms with E-state index in [0.29, 0.717) is 17.6 Å². The van der Waals surface area contributed by atoms with E-state index >= 15 is 0 Å². The summed E-state index contributed by atoms with van der Waals surface area (Å²) in [5, 5.41) is 11.2. The van der Waals surface area contributed by atoms with Crippen LogP contribution < -0.4 is 15.8 Å². The van der Waals surface area contributed by atoms with Crippen molar-refractivity contribution in [3.8, 4) is 0 Å². The van der Waals surface area contributed by atoms with Crippen LogP contribution in [0.5, 0.6) is 0 Å². The molecule has 0 spiro atoms. The van der Waals surface area contributed by atoms with Crippen LogP contribution >= 0.6 is 12.2 Å². The predicted molar refractivity (Wildman–Crippen MR) is 98.0 cm³/mol. The summed E-state index contributed by atoms with van der Waals surface area (Å²) < 4.78 is 22.7. The highest BCUT2D eigenvalue weighted by Gasteiger charge is 2.07. The molecular weight excluding hydrogens is 360 g/mol. The molecule has 1 aromatic heterocycles. The van der Waals surface area contributed by atoms with Crippen molar-refractivity contribution in [2.45, 2.75) is 4.90 Å². The first-order valence-electron chi connectivity index (χ1n) is 7.10. The fourth-order valence-corrected chi connectivity index (χ4v) is 2.72. The summed E-state index contributed by atoms with van der Waals surface area (Å²) in [4.78, 5) is 11.2. The molecule has 1 heterocycles. The lowest BCUT2D eigenvalue weighted by Gasteiger charge is -2.09. The summed E-state index contributed by atoms with van der Waals surface area (Å²) in [6, 6.07) is 15.4. The summed E-state index contributed by atoms with van der Waals surface area (Å²) in [6.07, 6.45) is 0. The van der Waals surface area contributed by atoms with Gasteiger partial charge in [-0.15, -0.1) is 0 Å². The van der Waals surface area contributed by atoms with E-state index in [1.54, 1.807) is 12.1 Å². The van der Waals surface area contributed by atoms with E-state index < -0.39 is 10.0 Å². The van der Waals surface area contributed by atoms with Crippen LogP contribution in [0.25, 0.3) is 0 Å². The Labute approximate surface area is 149 Å². The van der Waals surface area contributed by atoms with Crippen molar-refractivity contribution in [3.63, 3.8) is 0 Å². The topological polar surface area (TPSA) is 126 Å². The van der Waals surface area contributed by atoms with Crippen LogP contribution in [-0.4, -0.2) is 23.4 Å². The molecule has 0 aliphatic carbocycles. The summed E-state index contributed by atoms with van der Waals surface area (Å²) in [5.41, 5.74) is 1.46. The van der Waals surface area contributed by atoms with Crippen molar-refractivity contribution < 1.29 is 8.42 Å². The van der Waals surface area contributed by atoms with Crippen LogP contribution in [0.4, 0.5) is 23.3 Å². The number of nitrogens with zero attached hydrogens (tertiary/aromatic N) is 2. The number of hydrogen-bond donors (Lipinski definition) is 4. The Bertz CT molecular complexity index is 1030. The molecule has 10 heteroatoms. The maximum Gasteiger partial charge on any atom is 0.238 e. The van der Waals surface area contributed by atoms with Crippen LogP contribution in [0.15, 0.2) is 59.5 Å². The lowest BCUT2D eigenvalue weighted by atomic mass is 10.3. The molecule has 0 unspecified atom stereocenters. The van der Waals surface area contributed by atoms with E-state index in [-0.39, 0.29) is 9.67 Å². The lowest BCUT2D eigenvalue weighted by Crippen LogP contribution is -2.11. The molecule has 0 radical (unpaired) electrons. The molecule has 3 aromatic rings. The monoisotopic (exact) mass is 374 g/mol. The number of benzene rings is 2. The zero-order valence-electron chi connectivity index (χ0n) is 12.8. The number of anilines is 4. The van der Waals surface area contributed by atoms with Gasteiger partial charge in [0.05, 0.1) is 4.90 Å². The smallest absolute Gasteiger partial charge is 0.238 e. The van der Waals surface area contributed by atoms with Gasteiger partial charge < -0.3 is 10.6 Å². The van der Waals surface area contributed by atoms with Gasteiger partial charge in [0.2, 0.25) is 26.7 Å². The number of nitrogens with two attached hydrogens (primary N) is 1. The standard InChI is InChI=1S/C15H14N6O2S2/c16-25(22,23)12-8-6-11(7-9-12)18-14-19-13(20-15(24)21-14)17-10-4-2-1-3-5-10/h1-9H,(H2,16,22,23)(H3,17,18,19,20,21,24). The minimum absolute atomic E-state index is 0.0279. The highest BCUT2D eigenvalue weighted by Crippen LogP contribution is 2.18. The second-order valence-electron chi connectivity index (χ2n) is 5.01. The highest BCUT2D eigenvalue weighted by atomic mass is 32.2. The second kappa shape index (κ2) is 6.97. The van der Waals surface area contributed by atoms with Gasteiger partial charge in [-0.25, -0.2) is 13.6 Å². The molecular formula is C15H14N6O2S2. The minimum atomic E-state index is -3.73. The maximum absolute atomic E-state index is 11.3. The first-order chi connectivity index (χ1) is 11.9. The van der Waals surface area contributed by atoms with Crippen LogP contribution in [0.2, 0.25) is 0 Å². The third-order valence-electron chi connectivity index (χ3n) is 3.13. The Morgan fingerprint density at radius 2 is 1.40 bits per heavy atom. The zero-order valence-corrected chi connectivity index (χ0v) is 14.4. The van der Waals surface area contributed by atoms with Gasteiger partial charge in [-0.1, -0.05) is 18.2 Å². The van der Waals surface area contributed by atoms with Gasteiger partial charge in [0.15, 0.2) is 0 Å². The zero-order chi connectivity index (χ0) is 17.9. The van der Waals surface area contributed by atoms with Crippen LogP contribution in [0.3, 0.4) is 0 Å². The van der Waals surface area contributed by atoms with E-state index in [1.165, 1.54) is 12.1 Å². The number of aromatic nitrogens is 3. The van der Waals surface area contributed by atoms with Crippen molar-refractivity contribution in [3.05, 3.63) is 59.4 Å². The Kier molecular flexibility index (Phi) is 4.74. The number of H-pyrrole nitrogens is 1. The van der Waals surface area contributed by atoms with E-state index in [9.17, 15) is 8.42 Å². The summed E-state index contributed by atoms with van der Waals surface area (Å²) >= 11 is 5.07. The predicted octanol–water partition coefficient (Wildman–Crippen LogP) is 2.67. The number of aromatic amines is 1. The van der Waals surface area contributed by atoms with Gasteiger partial charge in [0.25, 0.3) is 0 Å². The Hall–Kier alpha value is -2.82. The first-order valence-corrected chi connectivity index (χ1v) is 9.06. The van der Waals surface area contributed by atoms with Gasteiger partial charge in [-0.05, 0) is 48.6 Å². The molecule has 5 N–H and O–H groups in total. The van der Waals surface area contributed by atoms with Crippen molar-refractivity contribution in [2.75, 3.05) is 10.6 Å². The van der Waals surface area contributed by atoms with Gasteiger partial charge in [-0.2, -0.15) is 9.97 Å². The Morgan fingerprint density at radius 1 is 0.880 bits per heavy atom. The average Bonchev–Trinajstić information content (AvgIpc) is 2.55. The molecule has 8 nitrogen and oxygen atoms in total. The quantitative estimate of drug-likeness (QED) is 0.506. The van der Waals surface area contributed by atoms with Gasteiger partial charge in [0, 0.05) is 11.4 Å². The molecule has 0 bridgehead atoms. The van der Waals surface area contributed by atoms with Crippen molar-refractivity contribution >= 4 is 45.5 Å². The molecule has 0 atom stereocenters. The summed E-state index contributed by atoms with van der Waals surface area (Å²) in [5.74, 6) is 0.789. The molecule has 25 heavy (non-hydrogen) atoms. The highest BCUT2D eigenvalue weighted by molar-refractivity contribution is 7.89. The molecule has 0 saturated heterocycles. The van der Waals surface area contributed by atoms with E-state index in [1.807, 2.05) is 30.3 Å². The Morgan fingerprint density at radius 3 is 1.92 bits per heavy atom. The molecule has 2 aromatic carbocycles. The summed E-state index contributed by atoms with van der Waals surface area (Å²) in [6.45, 7) is 0. The van der Waals surface area contributed by atoms with E-state index in [0.717, 1.165) is 5.69 Å². The molecule has 3 rings (SSSR count). The molecule has 0 saturated carbocycles. The fraction of sp³-hybridized carbons (Fsp3) is 0. The average molecular weight is 374 g/mol. The number of para-hydroxylation sites is 1. The largest absolute Gasteiger partial charge is 0.326 e. The fourth-order valence-electron chi connectivity index (χ4n) is 2.03. The van der Waals surface area contributed by atoms with E-state index in [2.05, 4.69) is 25.6 Å². The normalized spacial score (nSPS) is 11.1. The maximum atomic E-state index is 11.3. The minimum Gasteiger partial charge on any atom is -0.326 e. The Balaban J connectivity index is 1.82. The van der Waals surface area contributed by atoms with Crippen LogP contribution in [-0.2, 0) is 10.0 Å². The third-order valence-corrected chi connectivity index (χ3v) is 4.25. The molecule has 128 valence electrons. The van der Waals surface area contributed by atoms with Crippen molar-refractivity contribution in [1.82, 2.24) is 15.0 Å². The van der Waals surface area contributed by atoms with Gasteiger partial charge >= 0.3 is 0 Å². The van der Waals surface area contributed by atoms with Crippen LogP contribution in [0, 0.1) is 4.77 Å². The molecule has 0 amide bonds. The summed E-state index contributed by atoms with van der Waals surface area (Å²) in [7, 11) is -3.73. The molecule has 0 aliphatic rings. The molecule has 0 fully saturated rings. The van der Waals surface area contributed by atoms with Crippen molar-refractivity contribution in [2.24, 2.45) is 5.14 Å². The van der Waals surface area contributed by atoms with Gasteiger partial charge in [-0.3, -0.25) is 4.98 Å². The lowest BCUT2D eigenvalue weighted by molar-refractivity contribution is 0.598. The molecule has 0 aliphatic heterocycles. The number of sulfonamides is 1.